The van der Waals surface area contributed by atoms with Crippen LogP contribution in [0, 0.1) is 11.3 Å². The first-order valence-corrected chi connectivity index (χ1v) is 8.56. The number of hydrogen-bond donors (Lipinski definition) is 1. The third kappa shape index (κ3) is 11.5. The molecule has 0 saturated carbocycles. The van der Waals surface area contributed by atoms with Crippen molar-refractivity contribution in [1.29, 1.82) is 0 Å². The molecule has 0 aliphatic rings. The van der Waals surface area contributed by atoms with E-state index in [4.69, 9.17) is 0 Å². The first kappa shape index (κ1) is 19.0. The topological polar surface area (TPSA) is 20.2 Å². The molecular formula is C18H38O. The molecule has 0 amide bonds. The Balaban J connectivity index is 3.41. The molecule has 0 aliphatic carbocycles. The van der Waals surface area contributed by atoms with Crippen molar-refractivity contribution in [2.45, 2.75) is 105 Å². The molecule has 0 fully saturated rings. The molecule has 116 valence electrons. The highest BCUT2D eigenvalue weighted by molar-refractivity contribution is 4.73. The average molecular weight is 271 g/mol. The molecule has 0 saturated heterocycles. The second-order valence-electron chi connectivity index (χ2n) is 7.42. The van der Waals surface area contributed by atoms with Crippen LogP contribution in [-0.4, -0.2) is 11.2 Å². The largest absolute Gasteiger partial charge is 0.393 e. The Morgan fingerprint density at radius 1 is 0.842 bits per heavy atom. The van der Waals surface area contributed by atoms with Crippen LogP contribution in [0.3, 0.4) is 0 Å². The van der Waals surface area contributed by atoms with Crippen LogP contribution in [0.1, 0.15) is 98.8 Å². The van der Waals surface area contributed by atoms with E-state index in [1.165, 1.54) is 51.4 Å². The lowest BCUT2D eigenvalue weighted by Crippen LogP contribution is -2.22. The van der Waals surface area contributed by atoms with Crippen LogP contribution in [0.2, 0.25) is 0 Å². The van der Waals surface area contributed by atoms with Gasteiger partial charge in [0.05, 0.1) is 6.10 Å². The Kier molecular flexibility index (Phi) is 10.7. The van der Waals surface area contributed by atoms with Crippen molar-refractivity contribution in [1.82, 2.24) is 0 Å². The standard InChI is InChI=1S/C18H38O/c1-6-7-8-9-10-11-12-13-14-17(19)15-16(2)18(3,4)5/h16-17,19H,6-15H2,1-5H3. The second-order valence-corrected chi connectivity index (χ2v) is 7.42. The highest BCUT2D eigenvalue weighted by Crippen LogP contribution is 2.29. The minimum atomic E-state index is -0.0886. The van der Waals surface area contributed by atoms with Gasteiger partial charge in [0.15, 0.2) is 0 Å². The van der Waals surface area contributed by atoms with Gasteiger partial charge in [-0.1, -0.05) is 86.0 Å². The maximum Gasteiger partial charge on any atom is 0.0543 e. The average Bonchev–Trinajstić information content (AvgIpc) is 2.31. The zero-order valence-electron chi connectivity index (χ0n) is 14.2. The fourth-order valence-electron chi connectivity index (χ4n) is 2.39. The molecule has 1 N–H and O–H groups in total. The maximum absolute atomic E-state index is 10.1. The van der Waals surface area contributed by atoms with E-state index >= 15 is 0 Å². The Labute approximate surface area is 122 Å². The molecule has 0 radical (unpaired) electrons. The third-order valence-electron chi connectivity index (χ3n) is 4.49. The van der Waals surface area contributed by atoms with Gasteiger partial charge in [0.25, 0.3) is 0 Å². The highest BCUT2D eigenvalue weighted by atomic mass is 16.3. The summed E-state index contributed by atoms with van der Waals surface area (Å²) < 4.78 is 0. The number of unbranched alkanes of at least 4 members (excludes halogenated alkanes) is 7. The van der Waals surface area contributed by atoms with E-state index in [-0.39, 0.29) is 6.10 Å². The molecule has 1 nitrogen and oxygen atoms in total. The molecule has 0 aromatic carbocycles. The Morgan fingerprint density at radius 2 is 1.32 bits per heavy atom. The molecule has 0 aromatic rings. The van der Waals surface area contributed by atoms with Gasteiger partial charge in [-0.25, -0.2) is 0 Å². The minimum Gasteiger partial charge on any atom is -0.393 e. The fourth-order valence-corrected chi connectivity index (χ4v) is 2.39. The van der Waals surface area contributed by atoms with Crippen molar-refractivity contribution < 1.29 is 5.11 Å². The highest BCUT2D eigenvalue weighted by Gasteiger charge is 2.22. The minimum absolute atomic E-state index is 0.0886. The monoisotopic (exact) mass is 270 g/mol. The Morgan fingerprint density at radius 3 is 1.79 bits per heavy atom. The molecule has 0 rings (SSSR count). The number of hydrogen-bond acceptors (Lipinski definition) is 1. The summed E-state index contributed by atoms with van der Waals surface area (Å²) in [6.07, 6.45) is 12.6. The van der Waals surface area contributed by atoms with Crippen molar-refractivity contribution in [3.63, 3.8) is 0 Å². The molecule has 0 aliphatic heterocycles. The SMILES string of the molecule is CCCCCCCCCCC(O)CC(C)C(C)(C)C. The van der Waals surface area contributed by atoms with Crippen molar-refractivity contribution in [3.8, 4) is 0 Å². The summed E-state index contributed by atoms with van der Waals surface area (Å²) in [5.74, 6) is 0.594. The fraction of sp³-hybridized carbons (Fsp3) is 1.00. The van der Waals surface area contributed by atoms with Crippen molar-refractivity contribution in [2.75, 3.05) is 0 Å². The van der Waals surface area contributed by atoms with Crippen LogP contribution < -0.4 is 0 Å². The Hall–Kier alpha value is -0.0400. The zero-order chi connectivity index (χ0) is 14.7. The number of rotatable bonds is 11. The van der Waals surface area contributed by atoms with E-state index in [2.05, 4.69) is 34.6 Å². The van der Waals surface area contributed by atoms with Crippen LogP contribution in [0.25, 0.3) is 0 Å². The van der Waals surface area contributed by atoms with Gasteiger partial charge in [0, 0.05) is 0 Å². The number of aliphatic hydroxyl groups excluding tert-OH is 1. The lowest BCUT2D eigenvalue weighted by atomic mass is 9.78. The van der Waals surface area contributed by atoms with Crippen molar-refractivity contribution in [2.24, 2.45) is 11.3 Å². The van der Waals surface area contributed by atoms with Crippen LogP contribution in [0.4, 0.5) is 0 Å². The van der Waals surface area contributed by atoms with Gasteiger partial charge in [0.2, 0.25) is 0 Å². The van der Waals surface area contributed by atoms with Crippen LogP contribution >= 0.6 is 0 Å². The van der Waals surface area contributed by atoms with E-state index in [1.54, 1.807) is 0 Å². The number of aliphatic hydroxyl groups is 1. The smallest absolute Gasteiger partial charge is 0.0543 e. The predicted octanol–water partition coefficient (Wildman–Crippen LogP) is 5.95. The molecule has 0 heterocycles. The van der Waals surface area contributed by atoms with E-state index < -0.39 is 0 Å². The quantitative estimate of drug-likeness (QED) is 0.460. The molecule has 2 atom stereocenters. The van der Waals surface area contributed by atoms with E-state index in [9.17, 15) is 5.11 Å². The third-order valence-corrected chi connectivity index (χ3v) is 4.49. The van der Waals surface area contributed by atoms with Gasteiger partial charge in [-0.15, -0.1) is 0 Å². The van der Waals surface area contributed by atoms with Gasteiger partial charge in [-0.2, -0.15) is 0 Å². The van der Waals surface area contributed by atoms with Crippen molar-refractivity contribution in [3.05, 3.63) is 0 Å². The molecule has 0 bridgehead atoms. The van der Waals surface area contributed by atoms with Gasteiger partial charge in [-0.3, -0.25) is 0 Å². The maximum atomic E-state index is 10.1. The Bertz CT molecular complexity index is 192. The summed E-state index contributed by atoms with van der Waals surface area (Å²) in [5, 5.41) is 10.1. The van der Waals surface area contributed by atoms with E-state index in [1.807, 2.05) is 0 Å². The van der Waals surface area contributed by atoms with Crippen LogP contribution in [0.5, 0.6) is 0 Å². The molecule has 2 unspecified atom stereocenters. The predicted molar refractivity (Wildman–Crippen MR) is 86.5 cm³/mol. The van der Waals surface area contributed by atoms with Crippen molar-refractivity contribution >= 4 is 0 Å². The summed E-state index contributed by atoms with van der Waals surface area (Å²) in [6.45, 7) is 11.3. The summed E-state index contributed by atoms with van der Waals surface area (Å²) >= 11 is 0. The van der Waals surface area contributed by atoms with Gasteiger partial charge in [0.1, 0.15) is 0 Å². The first-order chi connectivity index (χ1) is 8.88. The van der Waals surface area contributed by atoms with Crippen LogP contribution in [-0.2, 0) is 0 Å². The summed E-state index contributed by atoms with van der Waals surface area (Å²) in [4.78, 5) is 0. The normalized spacial score (nSPS) is 15.5. The van der Waals surface area contributed by atoms with E-state index in [0.717, 1.165) is 12.8 Å². The summed E-state index contributed by atoms with van der Waals surface area (Å²) in [5.41, 5.74) is 0.320. The summed E-state index contributed by atoms with van der Waals surface area (Å²) in [7, 11) is 0. The lowest BCUT2D eigenvalue weighted by molar-refractivity contribution is 0.101. The molecule has 0 aromatic heterocycles. The van der Waals surface area contributed by atoms with Crippen LogP contribution in [0.15, 0.2) is 0 Å². The van der Waals surface area contributed by atoms with Gasteiger partial charge >= 0.3 is 0 Å². The van der Waals surface area contributed by atoms with Gasteiger partial charge < -0.3 is 5.11 Å². The molecular weight excluding hydrogens is 232 g/mol. The second kappa shape index (κ2) is 10.7. The molecule has 19 heavy (non-hydrogen) atoms. The summed E-state index contributed by atoms with van der Waals surface area (Å²) in [6, 6.07) is 0. The molecule has 0 spiro atoms. The molecule has 1 heteroatoms. The van der Waals surface area contributed by atoms with E-state index in [0.29, 0.717) is 11.3 Å². The first-order valence-electron chi connectivity index (χ1n) is 8.56. The van der Waals surface area contributed by atoms with Gasteiger partial charge in [-0.05, 0) is 24.2 Å². The lowest BCUT2D eigenvalue weighted by Gasteiger charge is -2.29. The zero-order valence-corrected chi connectivity index (χ0v) is 14.2.